The van der Waals surface area contributed by atoms with Gasteiger partial charge in [0.1, 0.15) is 11.5 Å². The smallest absolute Gasteiger partial charge is 0.295 e. The molecule has 1 unspecified atom stereocenters. The summed E-state index contributed by atoms with van der Waals surface area (Å²) in [5.74, 6) is -1.12. The summed E-state index contributed by atoms with van der Waals surface area (Å²) < 4.78 is 5.40. The molecule has 0 saturated carbocycles. The minimum absolute atomic E-state index is 0.0569. The van der Waals surface area contributed by atoms with Crippen molar-refractivity contribution in [2.75, 3.05) is 33.3 Å². The van der Waals surface area contributed by atoms with Gasteiger partial charge in [-0.3, -0.25) is 14.6 Å². The van der Waals surface area contributed by atoms with Crippen molar-refractivity contribution in [2.24, 2.45) is 0 Å². The molecular weight excluding hydrogens is 394 g/mol. The second-order valence-electron chi connectivity index (χ2n) is 7.51. The second kappa shape index (κ2) is 9.75. The first-order valence-corrected chi connectivity index (χ1v) is 10.5. The van der Waals surface area contributed by atoms with Crippen LogP contribution in [0.5, 0.6) is 5.75 Å². The summed E-state index contributed by atoms with van der Waals surface area (Å²) in [5, 5.41) is 11.2. The quantitative estimate of drug-likeness (QED) is 0.399. The monoisotopic (exact) mass is 423 g/mol. The van der Waals surface area contributed by atoms with Crippen LogP contribution in [0, 0.1) is 6.92 Å². The van der Waals surface area contributed by atoms with Crippen LogP contribution in [-0.4, -0.2) is 64.9 Å². The van der Waals surface area contributed by atoms with Crippen molar-refractivity contribution in [1.82, 2.24) is 14.8 Å². The maximum atomic E-state index is 13.1. The van der Waals surface area contributed by atoms with Gasteiger partial charge in [0.2, 0.25) is 0 Å². The van der Waals surface area contributed by atoms with E-state index < -0.39 is 17.7 Å². The van der Waals surface area contributed by atoms with Crippen LogP contribution in [0.15, 0.2) is 48.3 Å². The van der Waals surface area contributed by atoms with Crippen LogP contribution in [-0.2, 0) is 9.59 Å². The summed E-state index contributed by atoms with van der Waals surface area (Å²) in [6.07, 6.45) is 3.26. The maximum absolute atomic E-state index is 13.1. The van der Waals surface area contributed by atoms with Gasteiger partial charge in [-0.1, -0.05) is 31.5 Å². The normalized spacial score (nSPS) is 18.1. The van der Waals surface area contributed by atoms with E-state index in [1.54, 1.807) is 30.6 Å². The zero-order chi connectivity index (χ0) is 22.5. The molecule has 1 atom stereocenters. The molecule has 2 aromatic rings. The molecule has 1 saturated heterocycles. The average molecular weight is 424 g/mol. The van der Waals surface area contributed by atoms with Crippen LogP contribution in [0.4, 0.5) is 0 Å². The number of aliphatic hydroxyl groups is 1. The van der Waals surface area contributed by atoms with Gasteiger partial charge in [-0.05, 0) is 43.8 Å². The molecule has 3 rings (SSSR count). The molecule has 2 heterocycles. The first kappa shape index (κ1) is 22.5. The van der Waals surface area contributed by atoms with Crippen LogP contribution < -0.4 is 4.74 Å². The number of benzene rings is 1. The fourth-order valence-corrected chi connectivity index (χ4v) is 3.94. The molecule has 0 radical (unpaired) electrons. The lowest BCUT2D eigenvalue weighted by Crippen LogP contribution is -2.38. The van der Waals surface area contributed by atoms with Crippen molar-refractivity contribution in [1.29, 1.82) is 0 Å². The highest BCUT2D eigenvalue weighted by Gasteiger charge is 2.46. The summed E-state index contributed by atoms with van der Waals surface area (Å²) in [7, 11) is 1.50. The Morgan fingerprint density at radius 3 is 2.58 bits per heavy atom. The number of hydrogen-bond acceptors (Lipinski definition) is 6. The highest BCUT2D eigenvalue weighted by Crippen LogP contribution is 2.40. The highest BCUT2D eigenvalue weighted by atomic mass is 16.5. The Kier molecular flexibility index (Phi) is 7.07. The van der Waals surface area contributed by atoms with Gasteiger partial charge in [-0.15, -0.1) is 0 Å². The number of ether oxygens (including phenoxy) is 1. The molecule has 0 aliphatic carbocycles. The van der Waals surface area contributed by atoms with E-state index in [1.807, 2.05) is 19.1 Å². The lowest BCUT2D eigenvalue weighted by atomic mass is 9.95. The van der Waals surface area contributed by atoms with E-state index >= 15 is 0 Å². The Bertz CT molecular complexity index is 984. The van der Waals surface area contributed by atoms with Gasteiger partial charge < -0.3 is 19.6 Å². The Hall–Kier alpha value is -3.19. The second-order valence-corrected chi connectivity index (χ2v) is 7.51. The van der Waals surface area contributed by atoms with Crippen molar-refractivity contribution in [2.45, 2.75) is 26.8 Å². The predicted octanol–water partition coefficient (Wildman–Crippen LogP) is 3.16. The number of carbonyl (C=O) groups is 2. The van der Waals surface area contributed by atoms with Crippen molar-refractivity contribution in [3.63, 3.8) is 0 Å². The van der Waals surface area contributed by atoms with Crippen molar-refractivity contribution < 1.29 is 19.4 Å². The van der Waals surface area contributed by atoms with Gasteiger partial charge in [-0.2, -0.15) is 0 Å². The fourth-order valence-electron chi connectivity index (χ4n) is 3.94. The van der Waals surface area contributed by atoms with Crippen LogP contribution >= 0.6 is 0 Å². The number of carbonyl (C=O) groups excluding carboxylic acids is 2. The largest absolute Gasteiger partial charge is 0.507 e. The Balaban J connectivity index is 2.14. The molecule has 0 spiro atoms. The van der Waals surface area contributed by atoms with E-state index in [-0.39, 0.29) is 11.3 Å². The number of nitrogens with zero attached hydrogens (tertiary/aromatic N) is 3. The van der Waals surface area contributed by atoms with Crippen LogP contribution in [0.2, 0.25) is 0 Å². The minimum atomic E-state index is -0.713. The SMILES string of the molecule is CCN(CC)CCN1C(=O)C(=O)/C(=C(/O)c2cc(C)ccc2OC)C1c1cccnc1. The number of hydrogen-bond donors (Lipinski definition) is 1. The number of Topliss-reactive ketones (excluding diaryl/α,β-unsaturated/α-hetero) is 1. The Labute approximate surface area is 183 Å². The van der Waals surface area contributed by atoms with Crippen molar-refractivity contribution in [3.05, 3.63) is 65.0 Å². The van der Waals surface area contributed by atoms with E-state index in [2.05, 4.69) is 23.7 Å². The third-order valence-corrected chi connectivity index (χ3v) is 5.70. The topological polar surface area (TPSA) is 83.0 Å². The van der Waals surface area contributed by atoms with Gasteiger partial charge in [0, 0.05) is 25.5 Å². The predicted molar refractivity (Wildman–Crippen MR) is 119 cm³/mol. The standard InChI is InChI=1S/C24H29N3O4/c1-5-26(6-2)12-13-27-21(17-8-7-11-25-15-17)20(23(29)24(27)30)22(28)18-14-16(3)9-10-19(18)31-4/h7-11,14-15,21,28H,5-6,12-13H2,1-4H3/b22-20+. The Morgan fingerprint density at radius 2 is 1.97 bits per heavy atom. The number of rotatable bonds is 8. The molecular formula is C24H29N3O4. The van der Waals surface area contributed by atoms with E-state index in [0.717, 1.165) is 18.7 Å². The summed E-state index contributed by atoms with van der Waals surface area (Å²) in [4.78, 5) is 34.0. The van der Waals surface area contributed by atoms with E-state index in [1.165, 1.54) is 12.0 Å². The number of methoxy groups -OCH3 is 1. The van der Waals surface area contributed by atoms with E-state index in [9.17, 15) is 14.7 Å². The average Bonchev–Trinajstić information content (AvgIpc) is 3.04. The number of ketones is 1. The third kappa shape index (κ3) is 4.46. The van der Waals surface area contributed by atoms with Gasteiger partial charge in [0.25, 0.3) is 11.7 Å². The first-order chi connectivity index (χ1) is 14.9. The molecule has 1 amide bonds. The molecule has 7 heteroatoms. The molecule has 0 bridgehead atoms. The maximum Gasteiger partial charge on any atom is 0.295 e. The van der Waals surface area contributed by atoms with Gasteiger partial charge in [0.05, 0.1) is 24.3 Å². The number of pyridine rings is 1. The van der Waals surface area contributed by atoms with Crippen LogP contribution in [0.3, 0.4) is 0 Å². The molecule has 31 heavy (non-hydrogen) atoms. The zero-order valence-corrected chi connectivity index (χ0v) is 18.5. The van der Waals surface area contributed by atoms with Gasteiger partial charge >= 0.3 is 0 Å². The summed E-state index contributed by atoms with van der Waals surface area (Å²) >= 11 is 0. The molecule has 1 aliphatic rings. The van der Waals surface area contributed by atoms with Crippen molar-refractivity contribution >= 4 is 17.4 Å². The molecule has 164 valence electrons. The molecule has 1 N–H and O–H groups in total. The number of likely N-dealkylation sites (N-methyl/N-ethyl adjacent to an activating group) is 1. The lowest BCUT2D eigenvalue weighted by molar-refractivity contribution is -0.140. The van der Waals surface area contributed by atoms with Crippen molar-refractivity contribution in [3.8, 4) is 5.75 Å². The van der Waals surface area contributed by atoms with Crippen LogP contribution in [0.25, 0.3) is 5.76 Å². The molecule has 7 nitrogen and oxygen atoms in total. The van der Waals surface area contributed by atoms with E-state index in [4.69, 9.17) is 4.74 Å². The number of likely N-dealkylation sites (tertiary alicyclic amines) is 1. The molecule has 1 fully saturated rings. The number of aliphatic hydroxyl groups excluding tert-OH is 1. The third-order valence-electron chi connectivity index (χ3n) is 5.70. The number of aromatic nitrogens is 1. The van der Waals surface area contributed by atoms with Gasteiger partial charge in [-0.25, -0.2) is 0 Å². The number of aryl methyl sites for hydroxylation is 1. The van der Waals surface area contributed by atoms with E-state index in [0.29, 0.717) is 30.0 Å². The lowest BCUT2D eigenvalue weighted by Gasteiger charge is -2.28. The highest BCUT2D eigenvalue weighted by molar-refractivity contribution is 6.46. The molecule has 1 aromatic carbocycles. The molecule has 1 aliphatic heterocycles. The first-order valence-electron chi connectivity index (χ1n) is 10.5. The number of amides is 1. The van der Waals surface area contributed by atoms with Crippen LogP contribution in [0.1, 0.15) is 36.6 Å². The Morgan fingerprint density at radius 1 is 1.23 bits per heavy atom. The molecule has 1 aromatic heterocycles. The summed E-state index contributed by atoms with van der Waals surface area (Å²) in [6, 6.07) is 8.20. The fraction of sp³-hybridized carbons (Fsp3) is 0.375. The van der Waals surface area contributed by atoms with Gasteiger partial charge in [0.15, 0.2) is 0 Å². The zero-order valence-electron chi connectivity index (χ0n) is 18.5. The minimum Gasteiger partial charge on any atom is -0.507 e. The summed E-state index contributed by atoms with van der Waals surface area (Å²) in [6.45, 7) is 8.69. The summed E-state index contributed by atoms with van der Waals surface area (Å²) in [5.41, 5.74) is 2.02.